The van der Waals surface area contributed by atoms with E-state index in [4.69, 9.17) is 9.47 Å². The second-order valence-corrected chi connectivity index (χ2v) is 9.15. The van der Waals surface area contributed by atoms with Crippen molar-refractivity contribution in [3.63, 3.8) is 0 Å². The predicted octanol–water partition coefficient (Wildman–Crippen LogP) is 3.39. The van der Waals surface area contributed by atoms with Gasteiger partial charge in [0, 0.05) is 23.5 Å². The molecule has 0 aliphatic carbocycles. The number of carbonyl (C=O) groups is 3. The lowest BCUT2D eigenvalue weighted by atomic mass is 10.0. The van der Waals surface area contributed by atoms with Crippen molar-refractivity contribution in [2.24, 2.45) is 0 Å². The average Bonchev–Trinajstić information content (AvgIpc) is 3.22. The molecule has 3 aromatic rings. The maximum Gasteiger partial charge on any atom is 0.408 e. The summed E-state index contributed by atoms with van der Waals surface area (Å²) in [5.74, 6) is -1.89. The summed E-state index contributed by atoms with van der Waals surface area (Å²) < 4.78 is 10.8. The molecule has 4 N–H and O–H groups in total. The Labute approximate surface area is 203 Å². The number of aromatic amines is 1. The van der Waals surface area contributed by atoms with Gasteiger partial charge in [-0.1, -0.05) is 48.5 Å². The molecule has 0 saturated heterocycles. The van der Waals surface area contributed by atoms with Crippen LogP contribution in [0.5, 0.6) is 0 Å². The van der Waals surface area contributed by atoms with E-state index < -0.39 is 35.7 Å². The molecule has 2 aromatic carbocycles. The molecule has 1 aromatic heterocycles. The van der Waals surface area contributed by atoms with E-state index in [-0.39, 0.29) is 19.6 Å². The van der Waals surface area contributed by atoms with Crippen LogP contribution in [0.2, 0.25) is 0 Å². The Morgan fingerprint density at radius 2 is 1.66 bits per heavy atom. The van der Waals surface area contributed by atoms with Crippen molar-refractivity contribution in [2.75, 3.05) is 6.61 Å². The number of amides is 2. The Hall–Kier alpha value is -3.85. The first-order valence-corrected chi connectivity index (χ1v) is 11.3. The molecule has 2 atom stereocenters. The summed E-state index contributed by atoms with van der Waals surface area (Å²) in [5.41, 5.74) is 1.89. The molecule has 0 spiro atoms. The van der Waals surface area contributed by atoms with E-state index in [0.29, 0.717) is 0 Å². The van der Waals surface area contributed by atoms with Gasteiger partial charge in [0.2, 0.25) is 5.91 Å². The van der Waals surface area contributed by atoms with Crippen LogP contribution < -0.4 is 10.6 Å². The number of fused-ring (bicyclic) bond motifs is 1. The number of hydrogen-bond acceptors (Lipinski definition) is 5. The minimum absolute atomic E-state index is 0.0330. The van der Waals surface area contributed by atoms with E-state index in [1.54, 1.807) is 27.0 Å². The van der Waals surface area contributed by atoms with Crippen LogP contribution in [0.25, 0.3) is 10.9 Å². The number of benzene rings is 2. The average molecular weight is 482 g/mol. The molecule has 186 valence electrons. The smallest absolute Gasteiger partial charge is 0.408 e. The van der Waals surface area contributed by atoms with Crippen molar-refractivity contribution in [3.8, 4) is 0 Å². The van der Waals surface area contributed by atoms with E-state index in [1.165, 1.54) is 0 Å². The normalized spacial score (nSPS) is 13.1. The number of carboxylic acid groups (broad SMARTS) is 1. The van der Waals surface area contributed by atoms with Gasteiger partial charge in [-0.2, -0.15) is 0 Å². The fraction of sp³-hybridized carbons (Fsp3) is 0.346. The summed E-state index contributed by atoms with van der Waals surface area (Å²) in [7, 11) is 0. The van der Waals surface area contributed by atoms with Gasteiger partial charge in [0.05, 0.1) is 12.2 Å². The first-order valence-electron chi connectivity index (χ1n) is 11.3. The molecule has 0 saturated carbocycles. The number of carbonyl (C=O) groups excluding carboxylic acids is 2. The zero-order chi connectivity index (χ0) is 25.4. The number of alkyl carbamates (subject to hydrolysis) is 1. The highest BCUT2D eigenvalue weighted by atomic mass is 16.5. The van der Waals surface area contributed by atoms with Crippen molar-refractivity contribution in [2.45, 2.75) is 51.5 Å². The fourth-order valence-electron chi connectivity index (χ4n) is 3.42. The summed E-state index contributed by atoms with van der Waals surface area (Å²) in [5, 5.41) is 15.5. The molecule has 0 aliphatic heterocycles. The van der Waals surface area contributed by atoms with Gasteiger partial charge < -0.3 is 30.2 Å². The number of nitrogens with one attached hydrogen (secondary N) is 3. The molecule has 9 heteroatoms. The van der Waals surface area contributed by atoms with Crippen molar-refractivity contribution < 1.29 is 29.0 Å². The van der Waals surface area contributed by atoms with Crippen LogP contribution >= 0.6 is 0 Å². The van der Waals surface area contributed by atoms with Crippen LogP contribution in [0.15, 0.2) is 60.8 Å². The second-order valence-electron chi connectivity index (χ2n) is 9.15. The number of rotatable bonds is 10. The minimum Gasteiger partial charge on any atom is -0.480 e. The first-order chi connectivity index (χ1) is 16.6. The van der Waals surface area contributed by atoms with Gasteiger partial charge in [-0.3, -0.25) is 4.79 Å². The summed E-state index contributed by atoms with van der Waals surface area (Å²) in [6.07, 6.45) is 1.11. The van der Waals surface area contributed by atoms with Crippen molar-refractivity contribution >= 4 is 28.9 Å². The lowest BCUT2D eigenvalue weighted by molar-refractivity contribution is -0.145. The number of hydrogen-bond donors (Lipinski definition) is 4. The van der Waals surface area contributed by atoms with E-state index in [2.05, 4.69) is 15.6 Å². The summed E-state index contributed by atoms with van der Waals surface area (Å²) >= 11 is 0. The fourth-order valence-corrected chi connectivity index (χ4v) is 3.42. The van der Waals surface area contributed by atoms with E-state index >= 15 is 0 Å². The van der Waals surface area contributed by atoms with Crippen molar-refractivity contribution in [1.82, 2.24) is 15.6 Å². The van der Waals surface area contributed by atoms with Gasteiger partial charge in [-0.05, 0) is 38.0 Å². The van der Waals surface area contributed by atoms with Gasteiger partial charge in [0.1, 0.15) is 12.6 Å². The molecule has 0 aliphatic rings. The molecular weight excluding hydrogens is 450 g/mol. The molecule has 0 fully saturated rings. The third kappa shape index (κ3) is 7.86. The maximum atomic E-state index is 13.1. The Morgan fingerprint density at radius 3 is 2.34 bits per heavy atom. The Morgan fingerprint density at radius 1 is 0.971 bits per heavy atom. The number of ether oxygens (including phenoxy) is 2. The number of carboxylic acids is 1. The Bertz CT molecular complexity index is 1150. The third-order valence-electron chi connectivity index (χ3n) is 5.22. The second kappa shape index (κ2) is 11.5. The standard InChI is InChI=1S/C26H31N3O6/c1-26(2,3)35-16-22(24(31)32)28-23(30)21(13-18-14-27-20-12-8-7-11-19(18)20)29-25(33)34-15-17-9-5-4-6-10-17/h4-12,14,21-22,27H,13,15-16H2,1-3H3,(H,28,30)(H,29,33)(H,31,32)/t21-,22-/m0/s1. The summed E-state index contributed by atoms with van der Waals surface area (Å²) in [4.78, 5) is 40.6. The van der Waals surface area contributed by atoms with Crippen LogP contribution in [0.3, 0.4) is 0 Å². The molecular formula is C26H31N3O6. The number of para-hydroxylation sites is 1. The SMILES string of the molecule is CC(C)(C)OC[C@H](NC(=O)[C@H](Cc1c[nH]c2ccccc12)NC(=O)OCc1ccccc1)C(=O)O. The number of aliphatic carboxylic acids is 1. The van der Waals surface area contributed by atoms with Crippen LogP contribution in [-0.4, -0.2) is 52.4 Å². The topological polar surface area (TPSA) is 130 Å². The van der Waals surface area contributed by atoms with Gasteiger partial charge >= 0.3 is 12.1 Å². The van der Waals surface area contributed by atoms with E-state index in [9.17, 15) is 19.5 Å². The molecule has 2 amide bonds. The zero-order valence-corrected chi connectivity index (χ0v) is 20.0. The molecule has 9 nitrogen and oxygen atoms in total. The molecule has 0 radical (unpaired) electrons. The third-order valence-corrected chi connectivity index (χ3v) is 5.22. The lowest BCUT2D eigenvalue weighted by Crippen LogP contribution is -2.54. The van der Waals surface area contributed by atoms with Gasteiger partial charge in [0.25, 0.3) is 0 Å². The van der Waals surface area contributed by atoms with Gasteiger partial charge in [0.15, 0.2) is 6.04 Å². The summed E-state index contributed by atoms with van der Waals surface area (Å²) in [6.45, 7) is 5.18. The zero-order valence-electron chi connectivity index (χ0n) is 20.0. The molecule has 35 heavy (non-hydrogen) atoms. The molecule has 1 heterocycles. The van der Waals surface area contributed by atoms with Crippen molar-refractivity contribution in [1.29, 1.82) is 0 Å². The highest BCUT2D eigenvalue weighted by Gasteiger charge is 2.29. The largest absolute Gasteiger partial charge is 0.480 e. The van der Waals surface area contributed by atoms with Crippen LogP contribution in [-0.2, 0) is 32.1 Å². The summed E-state index contributed by atoms with van der Waals surface area (Å²) in [6, 6.07) is 14.4. The first kappa shape index (κ1) is 25.8. The number of H-pyrrole nitrogens is 1. The predicted molar refractivity (Wildman–Crippen MR) is 131 cm³/mol. The van der Waals surface area contributed by atoms with E-state index in [0.717, 1.165) is 22.0 Å². The van der Waals surface area contributed by atoms with Gasteiger partial charge in [-0.15, -0.1) is 0 Å². The monoisotopic (exact) mass is 481 g/mol. The molecule has 3 rings (SSSR count). The van der Waals surface area contributed by atoms with Crippen LogP contribution in [0, 0.1) is 0 Å². The van der Waals surface area contributed by atoms with Crippen LogP contribution in [0.4, 0.5) is 4.79 Å². The quantitative estimate of drug-likeness (QED) is 0.351. The van der Waals surface area contributed by atoms with E-state index in [1.807, 2.05) is 54.6 Å². The van der Waals surface area contributed by atoms with Crippen LogP contribution in [0.1, 0.15) is 31.9 Å². The molecule has 0 unspecified atom stereocenters. The van der Waals surface area contributed by atoms with Gasteiger partial charge in [-0.25, -0.2) is 9.59 Å². The lowest BCUT2D eigenvalue weighted by Gasteiger charge is -2.25. The molecule has 0 bridgehead atoms. The Kier molecular flexibility index (Phi) is 8.48. The van der Waals surface area contributed by atoms with Crippen molar-refractivity contribution in [3.05, 3.63) is 71.9 Å². The highest BCUT2D eigenvalue weighted by molar-refractivity contribution is 5.90. The maximum absolute atomic E-state index is 13.1. The highest BCUT2D eigenvalue weighted by Crippen LogP contribution is 2.19. The Balaban J connectivity index is 1.74. The number of aromatic nitrogens is 1. The minimum atomic E-state index is -1.28.